The summed E-state index contributed by atoms with van der Waals surface area (Å²) >= 11 is 0. The molecule has 0 saturated heterocycles. The van der Waals surface area contributed by atoms with Crippen LogP contribution in [0.25, 0.3) is 22.4 Å². The molecule has 0 saturated carbocycles. The van der Waals surface area contributed by atoms with E-state index in [2.05, 4.69) is 9.88 Å². The van der Waals surface area contributed by atoms with E-state index < -0.39 is 0 Å². The molecule has 0 radical (unpaired) electrons. The van der Waals surface area contributed by atoms with Crippen LogP contribution in [0.15, 0.2) is 102 Å². The molecule has 0 spiro atoms. The summed E-state index contributed by atoms with van der Waals surface area (Å²) in [5, 5.41) is 4.00. The Morgan fingerprint density at radius 2 is 1.50 bits per heavy atom. The van der Waals surface area contributed by atoms with Gasteiger partial charge in [0.05, 0.1) is 17.9 Å². The minimum atomic E-state index is -0.0822. The van der Waals surface area contributed by atoms with E-state index in [0.29, 0.717) is 17.0 Å². The lowest BCUT2D eigenvalue weighted by Gasteiger charge is -2.18. The molecule has 2 aromatic carbocycles. The van der Waals surface area contributed by atoms with Crippen LogP contribution in [0.2, 0.25) is 0 Å². The van der Waals surface area contributed by atoms with E-state index in [9.17, 15) is 4.79 Å². The number of hydrogen-bond donors (Lipinski definition) is 1. The zero-order chi connectivity index (χ0) is 22.1. The van der Waals surface area contributed by atoms with Crippen molar-refractivity contribution in [2.75, 3.05) is 5.32 Å². The average Bonchev–Trinajstić information content (AvgIpc) is 2.80. The van der Waals surface area contributed by atoms with Crippen LogP contribution in [0.4, 0.5) is 11.5 Å². The van der Waals surface area contributed by atoms with Crippen LogP contribution in [-0.2, 0) is 0 Å². The number of hydrogen-bond acceptors (Lipinski definition) is 3. The number of aromatic nitrogens is 3. The fourth-order valence-electron chi connectivity index (χ4n) is 3.89. The maximum atomic E-state index is 13.4. The monoisotopic (exact) mass is 419 g/mol. The van der Waals surface area contributed by atoms with Gasteiger partial charge in [0, 0.05) is 30.4 Å². The molecule has 5 aromatic rings. The predicted octanol–water partition coefficient (Wildman–Crippen LogP) is 5.02. The fourth-order valence-corrected chi connectivity index (χ4v) is 3.89. The Morgan fingerprint density at radius 1 is 0.844 bits per heavy atom. The highest BCUT2D eigenvalue weighted by Crippen LogP contribution is 2.26. The molecule has 32 heavy (non-hydrogen) atoms. The second-order valence-electron chi connectivity index (χ2n) is 7.82. The minimum Gasteiger partial charge on any atom is -0.341 e. The first-order valence-electron chi connectivity index (χ1n) is 10.5. The summed E-state index contributed by atoms with van der Waals surface area (Å²) in [4.78, 5) is 18.2. The average molecular weight is 420 g/mol. The molecular weight excluding hydrogens is 396 g/mol. The lowest BCUT2D eigenvalue weighted by atomic mass is 10.1. The number of aryl methyl sites for hydroxylation is 2. The molecule has 0 aliphatic heterocycles. The van der Waals surface area contributed by atoms with Gasteiger partial charge in [-0.05, 0) is 53.9 Å². The largest absolute Gasteiger partial charge is 0.341 e. The first-order chi connectivity index (χ1) is 15.6. The normalized spacial score (nSPS) is 10.9. The molecule has 0 aliphatic carbocycles. The standard InChI is InChI=1S/C27H22N4O/c1-19-13-15-30(16-14-19)27-26-23(17-20(2)28-27)31(22-11-7-4-8-12-22)25(18-24(26)32)29-21-9-5-3-6-10-21/h3-18H,1-2H3/p+1. The third-order valence-corrected chi connectivity index (χ3v) is 5.40. The molecule has 5 nitrogen and oxygen atoms in total. The smallest absolute Gasteiger partial charge is 0.341 e. The molecule has 156 valence electrons. The maximum absolute atomic E-state index is 13.4. The van der Waals surface area contributed by atoms with Crippen molar-refractivity contribution in [3.63, 3.8) is 0 Å². The fraction of sp³-hybridized carbons (Fsp3) is 0.0741. The zero-order valence-corrected chi connectivity index (χ0v) is 18.0. The summed E-state index contributed by atoms with van der Waals surface area (Å²) in [6, 6.07) is 27.6. The molecule has 5 heteroatoms. The predicted molar refractivity (Wildman–Crippen MR) is 128 cm³/mol. The van der Waals surface area contributed by atoms with E-state index in [1.807, 2.05) is 110 Å². The number of nitrogens with zero attached hydrogens (tertiary/aromatic N) is 3. The molecule has 3 heterocycles. The van der Waals surface area contributed by atoms with Crippen LogP contribution < -0.4 is 15.3 Å². The molecular formula is C27H23N4O+. The Hall–Kier alpha value is -4.25. The molecule has 0 bridgehead atoms. The second kappa shape index (κ2) is 8.12. The van der Waals surface area contributed by atoms with Crippen LogP contribution in [-0.4, -0.2) is 9.55 Å². The van der Waals surface area contributed by atoms with E-state index >= 15 is 0 Å². The highest BCUT2D eigenvalue weighted by Gasteiger charge is 2.22. The summed E-state index contributed by atoms with van der Waals surface area (Å²) < 4.78 is 3.99. The molecule has 3 aromatic heterocycles. The third-order valence-electron chi connectivity index (χ3n) is 5.40. The number of rotatable bonds is 4. The van der Waals surface area contributed by atoms with Gasteiger partial charge in [-0.25, -0.2) is 4.57 Å². The zero-order valence-electron chi connectivity index (χ0n) is 18.0. The summed E-state index contributed by atoms with van der Waals surface area (Å²) in [6.45, 7) is 3.99. The van der Waals surface area contributed by atoms with Crippen molar-refractivity contribution >= 4 is 22.4 Å². The lowest BCUT2D eigenvalue weighted by molar-refractivity contribution is -0.598. The first-order valence-corrected chi connectivity index (χ1v) is 10.5. The molecule has 0 atom stereocenters. The molecule has 0 unspecified atom stereocenters. The third kappa shape index (κ3) is 3.65. The van der Waals surface area contributed by atoms with E-state index in [1.165, 1.54) is 0 Å². The van der Waals surface area contributed by atoms with Crippen LogP contribution in [0, 0.1) is 13.8 Å². The summed E-state index contributed by atoms with van der Waals surface area (Å²) in [7, 11) is 0. The SMILES string of the molecule is Cc1cc[n+](-c2nc(C)cc3c2c(=O)cc(Nc2ccccc2)n3-c2ccccc2)cc1. The lowest BCUT2D eigenvalue weighted by Crippen LogP contribution is -2.33. The Kier molecular flexibility index (Phi) is 5.00. The summed E-state index contributed by atoms with van der Waals surface area (Å²) in [5.41, 5.74) is 4.57. The molecule has 0 fully saturated rings. The second-order valence-corrected chi connectivity index (χ2v) is 7.82. The van der Waals surface area contributed by atoms with Gasteiger partial charge in [-0.3, -0.25) is 9.36 Å². The van der Waals surface area contributed by atoms with Crippen molar-refractivity contribution in [2.45, 2.75) is 13.8 Å². The topological polar surface area (TPSA) is 50.8 Å². The Bertz CT molecular complexity index is 1460. The van der Waals surface area contributed by atoms with Gasteiger partial charge < -0.3 is 5.32 Å². The first kappa shape index (κ1) is 19.7. The quantitative estimate of drug-likeness (QED) is 0.416. The number of pyridine rings is 3. The van der Waals surface area contributed by atoms with Crippen molar-refractivity contribution in [2.24, 2.45) is 0 Å². The van der Waals surface area contributed by atoms with Gasteiger partial charge in [-0.15, -0.1) is 0 Å². The van der Waals surface area contributed by atoms with Crippen LogP contribution in [0.1, 0.15) is 11.3 Å². The number of benzene rings is 2. The molecule has 5 rings (SSSR count). The van der Waals surface area contributed by atoms with Crippen LogP contribution in [0.5, 0.6) is 0 Å². The Balaban J connectivity index is 1.85. The van der Waals surface area contributed by atoms with Gasteiger partial charge in [-0.2, -0.15) is 0 Å². The van der Waals surface area contributed by atoms with Crippen molar-refractivity contribution in [3.8, 4) is 11.5 Å². The van der Waals surface area contributed by atoms with Crippen molar-refractivity contribution in [1.82, 2.24) is 9.55 Å². The van der Waals surface area contributed by atoms with Gasteiger partial charge >= 0.3 is 5.82 Å². The highest BCUT2D eigenvalue weighted by atomic mass is 16.1. The maximum Gasteiger partial charge on any atom is 0.341 e. The van der Waals surface area contributed by atoms with Crippen LogP contribution in [0.3, 0.4) is 0 Å². The van der Waals surface area contributed by atoms with Gasteiger partial charge in [0.25, 0.3) is 0 Å². The van der Waals surface area contributed by atoms with E-state index in [4.69, 9.17) is 4.98 Å². The van der Waals surface area contributed by atoms with E-state index in [1.54, 1.807) is 6.07 Å². The Labute approximate surface area is 186 Å². The van der Waals surface area contributed by atoms with E-state index in [-0.39, 0.29) is 5.43 Å². The summed E-state index contributed by atoms with van der Waals surface area (Å²) in [6.07, 6.45) is 3.89. The van der Waals surface area contributed by atoms with Crippen LogP contribution >= 0.6 is 0 Å². The van der Waals surface area contributed by atoms with Crippen molar-refractivity contribution in [3.05, 3.63) is 119 Å². The van der Waals surface area contributed by atoms with Crippen molar-refractivity contribution in [1.29, 1.82) is 0 Å². The highest BCUT2D eigenvalue weighted by molar-refractivity contribution is 5.88. The molecule has 1 N–H and O–H groups in total. The Morgan fingerprint density at radius 3 is 2.19 bits per heavy atom. The van der Waals surface area contributed by atoms with Gasteiger partial charge in [-0.1, -0.05) is 36.4 Å². The summed E-state index contributed by atoms with van der Waals surface area (Å²) in [5.74, 6) is 1.33. The number of anilines is 2. The number of para-hydroxylation sites is 2. The number of nitrogens with one attached hydrogen (secondary N) is 1. The van der Waals surface area contributed by atoms with Gasteiger partial charge in [0.2, 0.25) is 0 Å². The van der Waals surface area contributed by atoms with E-state index in [0.717, 1.165) is 28.1 Å². The van der Waals surface area contributed by atoms with Crippen molar-refractivity contribution < 1.29 is 4.57 Å². The van der Waals surface area contributed by atoms with Gasteiger partial charge in [0.1, 0.15) is 11.2 Å². The molecule has 0 aliphatic rings. The van der Waals surface area contributed by atoms with Gasteiger partial charge in [0.15, 0.2) is 11.1 Å². The minimum absolute atomic E-state index is 0.0822. The molecule has 0 amide bonds. The number of fused-ring (bicyclic) bond motifs is 1.